The fourth-order valence-electron chi connectivity index (χ4n) is 1.72. The van der Waals surface area contributed by atoms with Crippen molar-refractivity contribution in [3.05, 3.63) is 29.3 Å². The van der Waals surface area contributed by atoms with Crippen LogP contribution in [0.15, 0.2) is 18.2 Å². The van der Waals surface area contributed by atoms with Crippen LogP contribution in [0.2, 0.25) is 0 Å². The van der Waals surface area contributed by atoms with Crippen LogP contribution in [0.5, 0.6) is 5.75 Å². The molecule has 0 bridgehead atoms. The van der Waals surface area contributed by atoms with Crippen LogP contribution in [0.3, 0.4) is 0 Å². The molecule has 0 aliphatic carbocycles. The summed E-state index contributed by atoms with van der Waals surface area (Å²) >= 11 is 0. The van der Waals surface area contributed by atoms with E-state index in [1.807, 2.05) is 45.9 Å². The highest BCUT2D eigenvalue weighted by Gasteiger charge is 2.11. The summed E-state index contributed by atoms with van der Waals surface area (Å²) in [5.41, 5.74) is 2.21. The number of ether oxygens (including phenoxy) is 1. The Bertz CT molecular complexity index is 387. The molecule has 1 atom stereocenters. The first kappa shape index (κ1) is 13.5. The van der Waals surface area contributed by atoms with E-state index < -0.39 is 0 Å². The van der Waals surface area contributed by atoms with Crippen LogP contribution in [-0.2, 0) is 0 Å². The van der Waals surface area contributed by atoms with Crippen molar-refractivity contribution in [2.75, 3.05) is 6.61 Å². The quantitative estimate of drug-likeness (QED) is 0.848. The Morgan fingerprint density at radius 3 is 2.35 bits per heavy atom. The van der Waals surface area contributed by atoms with E-state index in [0.29, 0.717) is 6.61 Å². The molecule has 0 aliphatic heterocycles. The van der Waals surface area contributed by atoms with Crippen LogP contribution < -0.4 is 10.1 Å². The monoisotopic (exact) mass is 232 g/mol. The molecule has 0 heterocycles. The highest BCUT2D eigenvalue weighted by molar-refractivity contribution is 5.39. The van der Waals surface area contributed by atoms with Gasteiger partial charge in [0.05, 0.1) is 6.07 Å². The molecule has 0 fully saturated rings. The van der Waals surface area contributed by atoms with Gasteiger partial charge in [-0.3, -0.25) is 5.32 Å². The number of benzene rings is 1. The zero-order valence-corrected chi connectivity index (χ0v) is 10.9. The molecule has 0 radical (unpaired) electrons. The van der Waals surface area contributed by atoms with Gasteiger partial charge in [-0.05, 0) is 38.8 Å². The Hall–Kier alpha value is -1.53. The summed E-state index contributed by atoms with van der Waals surface area (Å²) in [4.78, 5) is 0. The van der Waals surface area contributed by atoms with Gasteiger partial charge >= 0.3 is 0 Å². The number of nitrogens with zero attached hydrogens (tertiary/aromatic N) is 1. The molecule has 17 heavy (non-hydrogen) atoms. The van der Waals surface area contributed by atoms with E-state index in [1.165, 1.54) is 0 Å². The van der Waals surface area contributed by atoms with Crippen molar-refractivity contribution in [3.8, 4) is 11.8 Å². The molecule has 0 saturated carbocycles. The van der Waals surface area contributed by atoms with E-state index in [4.69, 9.17) is 10.00 Å². The predicted octanol–water partition coefficient (Wildman–Crippen LogP) is 2.57. The number of nitrogens with one attached hydrogen (secondary N) is 1. The average molecular weight is 232 g/mol. The highest BCUT2D eigenvalue weighted by Crippen LogP contribution is 2.22. The molecular weight excluding hydrogens is 212 g/mol. The lowest BCUT2D eigenvalue weighted by molar-refractivity contribution is 0.279. The summed E-state index contributed by atoms with van der Waals surface area (Å²) in [5, 5.41) is 12.2. The number of aryl methyl sites for hydroxylation is 2. The Morgan fingerprint density at radius 1 is 1.29 bits per heavy atom. The topological polar surface area (TPSA) is 45.0 Å². The maximum Gasteiger partial charge on any atom is 0.130 e. The predicted molar refractivity (Wildman–Crippen MR) is 69.1 cm³/mol. The Balaban J connectivity index is 2.63. The smallest absolute Gasteiger partial charge is 0.130 e. The van der Waals surface area contributed by atoms with Crippen molar-refractivity contribution < 1.29 is 4.74 Å². The fraction of sp³-hybridized carbons (Fsp3) is 0.500. The van der Waals surface area contributed by atoms with Gasteiger partial charge in [0.1, 0.15) is 18.4 Å². The van der Waals surface area contributed by atoms with Gasteiger partial charge in [-0.25, -0.2) is 0 Å². The summed E-state index contributed by atoms with van der Waals surface area (Å²) in [5.74, 6) is 0.887. The first-order valence-corrected chi connectivity index (χ1v) is 5.89. The number of nitriles is 1. The van der Waals surface area contributed by atoms with Crippen molar-refractivity contribution >= 4 is 0 Å². The summed E-state index contributed by atoms with van der Waals surface area (Å²) < 4.78 is 5.74. The molecule has 0 aromatic heterocycles. The first-order valence-electron chi connectivity index (χ1n) is 5.89. The summed E-state index contributed by atoms with van der Waals surface area (Å²) in [6.45, 7) is 8.44. The maximum absolute atomic E-state index is 9.00. The van der Waals surface area contributed by atoms with Crippen LogP contribution in [-0.4, -0.2) is 18.7 Å². The molecule has 3 nitrogen and oxygen atoms in total. The van der Waals surface area contributed by atoms with Crippen molar-refractivity contribution in [2.24, 2.45) is 0 Å². The van der Waals surface area contributed by atoms with Gasteiger partial charge in [0.15, 0.2) is 0 Å². The van der Waals surface area contributed by atoms with Crippen LogP contribution >= 0.6 is 0 Å². The van der Waals surface area contributed by atoms with Crippen LogP contribution in [0.4, 0.5) is 0 Å². The molecule has 0 amide bonds. The van der Waals surface area contributed by atoms with E-state index in [1.54, 1.807) is 0 Å². The lowest BCUT2D eigenvalue weighted by Crippen LogP contribution is -2.38. The third-order valence-corrected chi connectivity index (χ3v) is 2.49. The van der Waals surface area contributed by atoms with Gasteiger partial charge in [-0.1, -0.05) is 18.2 Å². The van der Waals surface area contributed by atoms with Crippen LogP contribution in [0.1, 0.15) is 25.0 Å². The summed E-state index contributed by atoms with van der Waals surface area (Å²) in [6.07, 6.45) is 0. The van der Waals surface area contributed by atoms with Gasteiger partial charge in [0, 0.05) is 6.04 Å². The van der Waals surface area contributed by atoms with E-state index in [-0.39, 0.29) is 12.1 Å². The Labute approximate surface area is 103 Å². The average Bonchev–Trinajstić information content (AvgIpc) is 2.26. The van der Waals surface area contributed by atoms with E-state index in [0.717, 1.165) is 16.9 Å². The summed E-state index contributed by atoms with van der Waals surface area (Å²) in [7, 11) is 0. The molecule has 1 aromatic carbocycles. The van der Waals surface area contributed by atoms with Crippen LogP contribution in [0.25, 0.3) is 0 Å². The SMILES string of the molecule is Cc1cccc(C)c1OCC(C#N)NC(C)C. The minimum Gasteiger partial charge on any atom is -0.490 e. The molecule has 1 aromatic rings. The van der Waals surface area contributed by atoms with Crippen LogP contribution in [0, 0.1) is 25.2 Å². The lowest BCUT2D eigenvalue weighted by atomic mass is 10.1. The Kier molecular flexibility index (Phi) is 4.99. The molecule has 1 rings (SSSR count). The second-order valence-electron chi connectivity index (χ2n) is 4.53. The summed E-state index contributed by atoms with van der Waals surface area (Å²) in [6, 6.07) is 8.25. The molecule has 0 aliphatic rings. The zero-order valence-electron chi connectivity index (χ0n) is 10.9. The van der Waals surface area contributed by atoms with Crippen molar-refractivity contribution in [2.45, 2.75) is 39.8 Å². The second-order valence-corrected chi connectivity index (χ2v) is 4.53. The van der Waals surface area contributed by atoms with Gasteiger partial charge in [-0.2, -0.15) is 5.26 Å². The second kappa shape index (κ2) is 6.27. The van der Waals surface area contributed by atoms with E-state index >= 15 is 0 Å². The fourth-order valence-corrected chi connectivity index (χ4v) is 1.72. The molecule has 3 heteroatoms. The number of para-hydroxylation sites is 1. The van der Waals surface area contributed by atoms with Crippen molar-refractivity contribution in [1.82, 2.24) is 5.32 Å². The van der Waals surface area contributed by atoms with E-state index in [2.05, 4.69) is 11.4 Å². The minimum atomic E-state index is -0.269. The molecule has 0 spiro atoms. The number of rotatable bonds is 5. The number of hydrogen-bond acceptors (Lipinski definition) is 3. The molecule has 92 valence electrons. The number of hydrogen-bond donors (Lipinski definition) is 1. The standard InChI is InChI=1S/C14H20N2O/c1-10(2)16-13(8-15)9-17-14-11(3)6-5-7-12(14)4/h5-7,10,13,16H,9H2,1-4H3. The lowest BCUT2D eigenvalue weighted by Gasteiger charge is -2.17. The molecular formula is C14H20N2O. The molecule has 1 unspecified atom stereocenters. The minimum absolute atomic E-state index is 0.269. The van der Waals surface area contributed by atoms with Gasteiger partial charge in [-0.15, -0.1) is 0 Å². The first-order chi connectivity index (χ1) is 8.04. The van der Waals surface area contributed by atoms with Gasteiger partial charge < -0.3 is 4.74 Å². The normalized spacial score (nSPS) is 12.2. The third kappa shape index (κ3) is 4.08. The third-order valence-electron chi connectivity index (χ3n) is 2.49. The Morgan fingerprint density at radius 2 is 1.88 bits per heavy atom. The van der Waals surface area contributed by atoms with E-state index in [9.17, 15) is 0 Å². The van der Waals surface area contributed by atoms with Crippen molar-refractivity contribution in [3.63, 3.8) is 0 Å². The van der Waals surface area contributed by atoms with Gasteiger partial charge in [0.25, 0.3) is 0 Å². The maximum atomic E-state index is 9.00. The zero-order chi connectivity index (χ0) is 12.8. The molecule has 1 N–H and O–H groups in total. The largest absolute Gasteiger partial charge is 0.490 e. The van der Waals surface area contributed by atoms with Crippen molar-refractivity contribution in [1.29, 1.82) is 5.26 Å². The van der Waals surface area contributed by atoms with Gasteiger partial charge in [0.2, 0.25) is 0 Å². The molecule has 0 saturated heterocycles. The highest BCUT2D eigenvalue weighted by atomic mass is 16.5.